The molecule has 0 aliphatic carbocycles. The molecular weight excluding hydrogens is 481 g/mol. The van der Waals surface area contributed by atoms with E-state index >= 15 is 0 Å². The summed E-state index contributed by atoms with van der Waals surface area (Å²) in [5.41, 5.74) is 0.289. The highest BCUT2D eigenvalue weighted by molar-refractivity contribution is 5.89. The third kappa shape index (κ3) is 5.66. The first kappa shape index (κ1) is 25.9. The largest absolute Gasteiger partial charge is 0.416 e. The Balaban J connectivity index is 1.76. The zero-order chi connectivity index (χ0) is 26.7. The Morgan fingerprint density at radius 1 is 0.946 bits per heavy atom. The maximum Gasteiger partial charge on any atom is 0.416 e. The van der Waals surface area contributed by atoms with Gasteiger partial charge in [-0.3, -0.25) is 9.36 Å². The summed E-state index contributed by atoms with van der Waals surface area (Å²) in [6.45, 7) is 6.00. The van der Waals surface area contributed by atoms with Gasteiger partial charge in [0.1, 0.15) is 5.82 Å². The van der Waals surface area contributed by atoms with E-state index < -0.39 is 23.8 Å². The standard InChI is InChI=1S/C28H27F3N4O2/c1-18(2)17-34(27(37)32-21-15-13-20(14-16-21)28(29,30)31)19(3)25-33-24-12-8-7-11-23(24)26(36)35(25)22-9-5-4-6-10-22/h4-16,18-19H,17H2,1-3H3,(H,32,37). The molecule has 1 aromatic heterocycles. The van der Waals surface area contributed by atoms with Gasteiger partial charge in [0, 0.05) is 12.2 Å². The fourth-order valence-corrected chi connectivity index (χ4v) is 4.14. The lowest BCUT2D eigenvalue weighted by Crippen LogP contribution is -2.41. The van der Waals surface area contributed by atoms with Gasteiger partial charge in [-0.1, -0.05) is 44.2 Å². The van der Waals surface area contributed by atoms with Crippen LogP contribution in [-0.4, -0.2) is 27.0 Å². The number of carbonyl (C=O) groups excluding carboxylic acids is 1. The van der Waals surface area contributed by atoms with Crippen LogP contribution in [-0.2, 0) is 6.18 Å². The van der Waals surface area contributed by atoms with Crippen LogP contribution in [0.3, 0.4) is 0 Å². The van der Waals surface area contributed by atoms with Crippen LogP contribution >= 0.6 is 0 Å². The Hall–Kier alpha value is -4.14. The molecule has 0 aliphatic rings. The number of para-hydroxylation sites is 2. The van der Waals surface area contributed by atoms with Crippen molar-refractivity contribution < 1.29 is 18.0 Å². The zero-order valence-electron chi connectivity index (χ0n) is 20.7. The highest BCUT2D eigenvalue weighted by atomic mass is 19.4. The van der Waals surface area contributed by atoms with Crippen LogP contribution in [0.1, 0.15) is 38.2 Å². The van der Waals surface area contributed by atoms with E-state index in [4.69, 9.17) is 4.98 Å². The molecule has 4 aromatic rings. The summed E-state index contributed by atoms with van der Waals surface area (Å²) in [4.78, 5) is 33.3. The molecule has 0 bridgehead atoms. The van der Waals surface area contributed by atoms with Crippen molar-refractivity contribution >= 4 is 22.6 Å². The lowest BCUT2D eigenvalue weighted by molar-refractivity contribution is -0.137. The van der Waals surface area contributed by atoms with Gasteiger partial charge < -0.3 is 10.2 Å². The summed E-state index contributed by atoms with van der Waals surface area (Å²) in [5, 5.41) is 3.14. The molecule has 1 unspecified atom stereocenters. The lowest BCUT2D eigenvalue weighted by Gasteiger charge is -2.32. The van der Waals surface area contributed by atoms with E-state index in [0.29, 0.717) is 29.0 Å². The van der Waals surface area contributed by atoms with Crippen molar-refractivity contribution in [1.29, 1.82) is 0 Å². The number of alkyl halides is 3. The maximum absolute atomic E-state index is 13.6. The number of fused-ring (bicyclic) bond motifs is 1. The molecule has 0 saturated heterocycles. The third-order valence-corrected chi connectivity index (χ3v) is 5.94. The van der Waals surface area contributed by atoms with Gasteiger partial charge in [-0.2, -0.15) is 13.2 Å². The molecule has 0 spiro atoms. The van der Waals surface area contributed by atoms with E-state index in [9.17, 15) is 22.8 Å². The van der Waals surface area contributed by atoms with Gasteiger partial charge in [0.25, 0.3) is 5.56 Å². The van der Waals surface area contributed by atoms with Gasteiger partial charge >= 0.3 is 12.2 Å². The topological polar surface area (TPSA) is 67.2 Å². The number of carbonyl (C=O) groups is 1. The van der Waals surface area contributed by atoms with Crippen molar-refractivity contribution in [3.8, 4) is 5.69 Å². The minimum Gasteiger partial charge on any atom is -0.314 e. The van der Waals surface area contributed by atoms with Crippen molar-refractivity contribution in [1.82, 2.24) is 14.5 Å². The number of nitrogens with zero attached hydrogens (tertiary/aromatic N) is 3. The molecule has 9 heteroatoms. The Bertz CT molecular complexity index is 1450. The van der Waals surface area contributed by atoms with Gasteiger partial charge in [0.2, 0.25) is 0 Å². The molecule has 0 radical (unpaired) electrons. The average molecular weight is 509 g/mol. The molecule has 1 heterocycles. The fraction of sp³-hybridized carbons (Fsp3) is 0.250. The molecule has 0 aliphatic heterocycles. The first-order valence-corrected chi connectivity index (χ1v) is 11.9. The normalized spacial score (nSPS) is 12.5. The van der Waals surface area contributed by atoms with Crippen molar-refractivity contribution in [3.63, 3.8) is 0 Å². The van der Waals surface area contributed by atoms with Gasteiger partial charge in [-0.15, -0.1) is 0 Å². The number of halogens is 3. The second-order valence-corrected chi connectivity index (χ2v) is 9.19. The number of nitrogens with one attached hydrogen (secondary N) is 1. The van der Waals surface area contributed by atoms with E-state index in [1.807, 2.05) is 32.0 Å². The zero-order valence-corrected chi connectivity index (χ0v) is 20.7. The van der Waals surface area contributed by atoms with E-state index in [0.717, 1.165) is 12.1 Å². The van der Waals surface area contributed by atoms with Crippen LogP contribution in [0.25, 0.3) is 16.6 Å². The number of hydrogen-bond acceptors (Lipinski definition) is 3. The summed E-state index contributed by atoms with van der Waals surface area (Å²) < 4.78 is 40.3. The third-order valence-electron chi connectivity index (χ3n) is 5.94. The Kier molecular flexibility index (Phi) is 7.33. The predicted octanol–water partition coefficient (Wildman–Crippen LogP) is 6.66. The SMILES string of the molecule is CC(C)CN(C(=O)Nc1ccc(C(F)(F)F)cc1)C(C)c1nc2ccccc2c(=O)n1-c1ccccc1. The van der Waals surface area contributed by atoms with E-state index in [2.05, 4.69) is 5.32 Å². The van der Waals surface area contributed by atoms with Crippen LogP contribution in [0.15, 0.2) is 83.7 Å². The number of anilines is 1. The monoisotopic (exact) mass is 508 g/mol. The summed E-state index contributed by atoms with van der Waals surface area (Å²) in [5.74, 6) is 0.441. The van der Waals surface area contributed by atoms with Crippen LogP contribution in [0.2, 0.25) is 0 Å². The predicted molar refractivity (Wildman–Crippen MR) is 138 cm³/mol. The van der Waals surface area contributed by atoms with Gasteiger partial charge in [0.15, 0.2) is 0 Å². The number of amides is 2. The molecule has 0 fully saturated rings. The van der Waals surface area contributed by atoms with Crippen molar-refractivity contribution in [2.24, 2.45) is 5.92 Å². The first-order valence-electron chi connectivity index (χ1n) is 11.9. The molecule has 4 rings (SSSR count). The number of hydrogen-bond donors (Lipinski definition) is 1. The fourth-order valence-electron chi connectivity index (χ4n) is 4.14. The Morgan fingerprint density at radius 2 is 1.57 bits per heavy atom. The molecule has 37 heavy (non-hydrogen) atoms. The molecular formula is C28H27F3N4O2. The molecule has 0 saturated carbocycles. The maximum atomic E-state index is 13.6. The molecule has 1 N–H and O–H groups in total. The molecule has 1 atom stereocenters. The van der Waals surface area contributed by atoms with Crippen LogP contribution in [0.4, 0.5) is 23.7 Å². The first-order chi connectivity index (χ1) is 17.6. The molecule has 2 amide bonds. The van der Waals surface area contributed by atoms with E-state index in [1.54, 1.807) is 48.2 Å². The summed E-state index contributed by atoms with van der Waals surface area (Å²) in [7, 11) is 0. The number of rotatable bonds is 6. The molecule has 192 valence electrons. The van der Waals surface area contributed by atoms with Crippen LogP contribution in [0, 0.1) is 5.92 Å². The summed E-state index contributed by atoms with van der Waals surface area (Å²) >= 11 is 0. The van der Waals surface area contributed by atoms with Crippen LogP contribution < -0.4 is 10.9 Å². The second-order valence-electron chi connectivity index (χ2n) is 9.19. The van der Waals surface area contributed by atoms with Crippen molar-refractivity contribution in [2.75, 3.05) is 11.9 Å². The number of benzene rings is 3. The van der Waals surface area contributed by atoms with E-state index in [-0.39, 0.29) is 17.2 Å². The van der Waals surface area contributed by atoms with Gasteiger partial charge in [-0.05, 0) is 61.4 Å². The van der Waals surface area contributed by atoms with E-state index in [1.165, 1.54) is 16.7 Å². The summed E-state index contributed by atoms with van der Waals surface area (Å²) in [6, 6.07) is 19.2. The van der Waals surface area contributed by atoms with Gasteiger partial charge in [0.05, 0.1) is 28.2 Å². The van der Waals surface area contributed by atoms with Crippen LogP contribution in [0.5, 0.6) is 0 Å². The highest BCUT2D eigenvalue weighted by Gasteiger charge is 2.31. The average Bonchev–Trinajstić information content (AvgIpc) is 2.87. The minimum absolute atomic E-state index is 0.0677. The number of aromatic nitrogens is 2. The smallest absolute Gasteiger partial charge is 0.314 e. The molecule has 6 nitrogen and oxygen atoms in total. The van der Waals surface area contributed by atoms with Gasteiger partial charge in [-0.25, -0.2) is 9.78 Å². The summed E-state index contributed by atoms with van der Waals surface area (Å²) in [6.07, 6.45) is -4.47. The Labute approximate surface area is 212 Å². The Morgan fingerprint density at radius 3 is 2.19 bits per heavy atom. The molecule has 3 aromatic carbocycles. The second kappa shape index (κ2) is 10.5. The quantitative estimate of drug-likeness (QED) is 0.317. The number of urea groups is 1. The highest BCUT2D eigenvalue weighted by Crippen LogP contribution is 2.30. The lowest BCUT2D eigenvalue weighted by atomic mass is 10.1. The van der Waals surface area contributed by atoms with Crippen molar-refractivity contribution in [3.05, 3.63) is 101 Å². The minimum atomic E-state index is -4.47. The van der Waals surface area contributed by atoms with Crippen molar-refractivity contribution in [2.45, 2.75) is 33.0 Å².